The minimum absolute atomic E-state index is 0. The van der Waals surface area contributed by atoms with Gasteiger partial charge < -0.3 is 28.5 Å². The second-order valence-corrected chi connectivity index (χ2v) is 21.9. The Hall–Kier alpha value is -8.02. The molecule has 2 N–H and O–H groups in total. The molecule has 15 heteroatoms. The summed E-state index contributed by atoms with van der Waals surface area (Å²) < 4.78 is 9.38. The summed E-state index contributed by atoms with van der Waals surface area (Å²) in [7, 11) is 0. The molecule has 12 aromatic rings. The predicted octanol–water partition coefficient (Wildman–Crippen LogP) is 12.7. The minimum atomic E-state index is -0.833. The van der Waals surface area contributed by atoms with Gasteiger partial charge in [0.15, 0.2) is 0 Å². The van der Waals surface area contributed by atoms with Crippen LogP contribution in [0.3, 0.4) is 0 Å². The molecule has 0 aliphatic carbocycles. The van der Waals surface area contributed by atoms with Crippen LogP contribution in [-0.4, -0.2) is 83.4 Å². The fraction of sp³-hybridized carbons (Fsp3) is 0.232. The van der Waals surface area contributed by atoms with Crippen molar-refractivity contribution in [2.45, 2.75) is 93.1 Å². The van der Waals surface area contributed by atoms with Crippen LogP contribution in [0.4, 0.5) is 0 Å². The van der Waals surface area contributed by atoms with E-state index in [4.69, 9.17) is 29.8 Å². The van der Waals surface area contributed by atoms with E-state index >= 15 is 0 Å². The quantitative estimate of drug-likeness (QED) is 0.0715. The number of carbonyl (C=O) groups is 1. The molecule has 434 valence electrons. The first kappa shape index (κ1) is 60.6. The number of rotatable bonds is 20. The van der Waals surface area contributed by atoms with Crippen molar-refractivity contribution >= 4 is 50.1 Å². The smallest absolute Gasteiger partial charge is 0.300 e. The van der Waals surface area contributed by atoms with Crippen molar-refractivity contribution in [3.8, 4) is 0 Å². The van der Waals surface area contributed by atoms with Crippen LogP contribution in [0.15, 0.2) is 194 Å². The second-order valence-electron chi connectivity index (χ2n) is 21.9. The molecule has 0 spiro atoms. The van der Waals surface area contributed by atoms with Gasteiger partial charge >= 0.3 is 0 Å². The number of hydrogen-bond donors (Lipinski definition) is 2. The summed E-state index contributed by atoms with van der Waals surface area (Å²) in [6.07, 6.45) is -0.806. The molecule has 0 aliphatic heterocycles. The maximum Gasteiger partial charge on any atom is 0.300 e. The van der Waals surface area contributed by atoms with E-state index in [2.05, 4.69) is 250 Å². The molecular weight excluding hydrogens is 1130 g/mol. The van der Waals surface area contributed by atoms with Gasteiger partial charge in [-0.1, -0.05) is 168 Å². The predicted molar refractivity (Wildman–Crippen MR) is 328 cm³/mol. The van der Waals surface area contributed by atoms with Crippen LogP contribution in [0, 0.1) is 27.7 Å². The fourth-order valence-corrected chi connectivity index (χ4v) is 11.0. The average molecular weight is 1200 g/mol. The molecule has 8 aromatic carbocycles. The number of carboxylic acids is 1. The monoisotopic (exact) mass is 1200 g/mol. The van der Waals surface area contributed by atoms with E-state index in [-0.39, 0.29) is 33.0 Å². The largest absolute Gasteiger partial charge is 0.481 e. The number of imidazole rings is 4. The normalized spacial score (nSPS) is 11.4. The molecule has 0 saturated heterocycles. The molecule has 0 bridgehead atoms. The van der Waals surface area contributed by atoms with Gasteiger partial charge in [0.05, 0.1) is 76.4 Å². The summed E-state index contributed by atoms with van der Waals surface area (Å²) in [5, 5.41) is 20.4. The van der Waals surface area contributed by atoms with E-state index in [0.717, 1.165) is 74.4 Å². The summed E-state index contributed by atoms with van der Waals surface area (Å²) in [6, 6.07) is 68.7. The van der Waals surface area contributed by atoms with Crippen molar-refractivity contribution < 1.29 is 48.0 Å². The van der Waals surface area contributed by atoms with Crippen LogP contribution >= 0.6 is 0 Å². The summed E-state index contributed by atoms with van der Waals surface area (Å²) >= 11 is 0. The molecule has 4 aromatic heterocycles. The molecule has 12 rings (SSSR count). The van der Waals surface area contributed by atoms with E-state index in [1.165, 1.54) is 44.5 Å². The van der Waals surface area contributed by atoms with Gasteiger partial charge in [0.2, 0.25) is 0 Å². The second kappa shape index (κ2) is 27.6. The number of carboxylic acid groups (broad SMARTS) is 1. The zero-order valence-corrected chi connectivity index (χ0v) is 50.0. The Kier molecular flexibility index (Phi) is 19.9. The number of benzene rings is 8. The third-order valence-electron chi connectivity index (χ3n) is 15.2. The first-order chi connectivity index (χ1) is 39.8. The van der Waals surface area contributed by atoms with E-state index in [9.17, 15) is 5.11 Å². The van der Waals surface area contributed by atoms with Gasteiger partial charge in [0, 0.05) is 79.2 Å². The summed E-state index contributed by atoms with van der Waals surface area (Å²) in [5.74, 6) is 2.88. The van der Waals surface area contributed by atoms with E-state index in [0.29, 0.717) is 65.4 Å². The van der Waals surface area contributed by atoms with Crippen LogP contribution in [-0.2, 0) is 90.1 Å². The molecule has 0 fully saturated rings. The topological polar surface area (TPSA) is 135 Å². The molecule has 84 heavy (non-hydrogen) atoms. The third-order valence-corrected chi connectivity index (χ3v) is 15.2. The maximum absolute atomic E-state index is 13.0. The standard InChI is InChI=1S/C67H66N10O.C2H4O2.2Ni/c1-47-21-29-51(30-22-47)37-74-60-17-9-5-13-56(60)68-64(74)43-72(44-65-69-57-14-6-10-18-61(57)75(65)38-52-31-23-48(2)24-32-52)41-55(78)42-73(45-66-70-58-15-7-11-19-62(58)76(66)39-53-33-25-49(3)26-34-53)46-67-71-59-16-8-12-20-63(59)77(67)40-54-35-27-50(4)28-36-54;1-2(3)4;;/h5-36,55,78H,37-46H2,1-4H3;1H3,(H,3,4);;. The SMILES string of the molecule is CC(=O)O.Cc1ccc(Cn2c(CN(Cc3nc4ccccc4n3Cc3ccc(C)cc3)CC(O)CN(Cc3nc4ccccc4n3Cc3ccc(C)cc3)Cc3nc4ccccc4n3Cc3ccc(C)cc3)nc3ccccc32)cc1.[Ni].[Ni]. The Balaban J connectivity index is 0.00000137. The fourth-order valence-electron chi connectivity index (χ4n) is 11.0. The number of aliphatic hydroxyl groups excluding tert-OH is 1. The molecule has 0 radical (unpaired) electrons. The van der Waals surface area contributed by atoms with Crippen molar-refractivity contribution in [3.05, 3.63) is 262 Å². The Morgan fingerprint density at radius 3 is 0.798 bits per heavy atom. The van der Waals surface area contributed by atoms with Crippen LogP contribution in [0.5, 0.6) is 0 Å². The number of aliphatic carboxylic acids is 1. The van der Waals surface area contributed by atoms with Crippen molar-refractivity contribution in [1.29, 1.82) is 0 Å². The molecule has 0 amide bonds. The van der Waals surface area contributed by atoms with Crippen molar-refractivity contribution in [2.75, 3.05) is 13.1 Å². The third kappa shape index (κ3) is 14.7. The number of aliphatic hydroxyl groups is 1. The van der Waals surface area contributed by atoms with Crippen LogP contribution < -0.4 is 0 Å². The molecule has 0 aliphatic rings. The molecule has 0 unspecified atom stereocenters. The Labute approximate surface area is 511 Å². The van der Waals surface area contributed by atoms with Crippen molar-refractivity contribution in [2.24, 2.45) is 0 Å². The minimum Gasteiger partial charge on any atom is -0.481 e. The van der Waals surface area contributed by atoms with E-state index in [1.54, 1.807) is 0 Å². The Morgan fingerprint density at radius 1 is 0.381 bits per heavy atom. The number of fused-ring (bicyclic) bond motifs is 4. The van der Waals surface area contributed by atoms with Crippen LogP contribution in [0.25, 0.3) is 44.1 Å². The number of aromatic nitrogens is 8. The van der Waals surface area contributed by atoms with Gasteiger partial charge in [-0.05, 0) is 98.5 Å². The zero-order valence-electron chi connectivity index (χ0n) is 48.0. The summed E-state index contributed by atoms with van der Waals surface area (Å²) in [5.41, 5.74) is 17.8. The molecule has 0 saturated carbocycles. The first-order valence-electron chi connectivity index (χ1n) is 28.2. The van der Waals surface area contributed by atoms with Gasteiger partial charge in [0.25, 0.3) is 5.97 Å². The van der Waals surface area contributed by atoms with Crippen molar-refractivity contribution in [3.63, 3.8) is 0 Å². The number of aryl methyl sites for hydroxylation is 4. The molecule has 13 nitrogen and oxygen atoms in total. The number of hydrogen-bond acceptors (Lipinski definition) is 8. The summed E-state index contributed by atoms with van der Waals surface area (Å²) in [6.45, 7) is 14.8. The van der Waals surface area contributed by atoms with E-state index in [1.807, 2.05) is 0 Å². The Morgan fingerprint density at radius 2 is 0.583 bits per heavy atom. The van der Waals surface area contributed by atoms with Crippen LogP contribution in [0.1, 0.15) is 74.7 Å². The van der Waals surface area contributed by atoms with Gasteiger partial charge in [-0.3, -0.25) is 14.6 Å². The molecule has 0 atom stereocenters. The zero-order chi connectivity index (χ0) is 56.7. The maximum atomic E-state index is 13.0. The van der Waals surface area contributed by atoms with Gasteiger partial charge in [-0.25, -0.2) is 19.9 Å². The summed E-state index contributed by atoms with van der Waals surface area (Å²) in [4.78, 5) is 35.1. The molecular formula is C69H70N10Ni2O3. The average Bonchev–Trinajstić information content (AvgIpc) is 4.31. The molecule has 4 heterocycles. The van der Waals surface area contributed by atoms with Crippen molar-refractivity contribution in [1.82, 2.24) is 48.0 Å². The van der Waals surface area contributed by atoms with Gasteiger partial charge in [0.1, 0.15) is 23.3 Å². The van der Waals surface area contributed by atoms with Gasteiger partial charge in [-0.15, -0.1) is 0 Å². The number of nitrogens with zero attached hydrogens (tertiary/aromatic N) is 10. The number of para-hydroxylation sites is 8. The first-order valence-corrected chi connectivity index (χ1v) is 28.2. The van der Waals surface area contributed by atoms with Crippen LogP contribution in [0.2, 0.25) is 0 Å². The Bertz CT molecular complexity index is 3610. The van der Waals surface area contributed by atoms with Gasteiger partial charge in [-0.2, -0.15) is 0 Å². The van der Waals surface area contributed by atoms with E-state index < -0.39 is 12.1 Å².